The first-order valence-electron chi connectivity index (χ1n) is 6.48. The van der Waals surface area contributed by atoms with Crippen molar-refractivity contribution in [3.63, 3.8) is 0 Å². The standard InChI is InChI=1S/C16H16Cl2N2O/c1-9-4-7-13(19-3)11(8-9)16(21)20-15-12(17)6-5-10(2)14(15)18/h4-8,19H,1-3H3,(H,20,21). The molecule has 0 heterocycles. The molecule has 2 rings (SSSR count). The summed E-state index contributed by atoms with van der Waals surface area (Å²) in [4.78, 5) is 12.5. The van der Waals surface area contributed by atoms with Gasteiger partial charge in [-0.1, -0.05) is 40.9 Å². The van der Waals surface area contributed by atoms with Gasteiger partial charge in [0.1, 0.15) is 0 Å². The van der Waals surface area contributed by atoms with E-state index in [-0.39, 0.29) is 5.91 Å². The zero-order valence-electron chi connectivity index (χ0n) is 12.1. The molecule has 0 bridgehead atoms. The molecule has 0 aliphatic heterocycles. The van der Waals surface area contributed by atoms with E-state index in [4.69, 9.17) is 23.2 Å². The quantitative estimate of drug-likeness (QED) is 0.843. The summed E-state index contributed by atoms with van der Waals surface area (Å²) in [5.74, 6) is -0.252. The van der Waals surface area contributed by atoms with Gasteiger partial charge in [-0.2, -0.15) is 0 Å². The van der Waals surface area contributed by atoms with Crippen LogP contribution in [0, 0.1) is 13.8 Å². The van der Waals surface area contributed by atoms with E-state index < -0.39 is 0 Å². The van der Waals surface area contributed by atoms with E-state index >= 15 is 0 Å². The number of halogens is 2. The average Bonchev–Trinajstić information content (AvgIpc) is 2.47. The molecule has 5 heteroatoms. The second-order valence-corrected chi connectivity index (χ2v) is 5.59. The maximum atomic E-state index is 12.5. The third-order valence-corrected chi connectivity index (χ3v) is 4.01. The van der Waals surface area contributed by atoms with Crippen LogP contribution in [0.2, 0.25) is 10.0 Å². The first kappa shape index (κ1) is 15.7. The van der Waals surface area contributed by atoms with Crippen LogP contribution in [0.4, 0.5) is 11.4 Å². The smallest absolute Gasteiger partial charge is 0.257 e. The average molecular weight is 323 g/mol. The molecule has 3 nitrogen and oxygen atoms in total. The van der Waals surface area contributed by atoms with Gasteiger partial charge < -0.3 is 10.6 Å². The molecule has 0 aliphatic carbocycles. The van der Waals surface area contributed by atoms with Crippen LogP contribution in [-0.2, 0) is 0 Å². The molecule has 110 valence electrons. The Bertz CT molecular complexity index is 699. The van der Waals surface area contributed by atoms with Crippen LogP contribution >= 0.6 is 23.2 Å². The molecule has 0 atom stereocenters. The zero-order valence-corrected chi connectivity index (χ0v) is 13.6. The summed E-state index contributed by atoms with van der Waals surface area (Å²) in [5, 5.41) is 6.67. The lowest BCUT2D eigenvalue weighted by Gasteiger charge is -2.13. The van der Waals surface area contributed by atoms with Gasteiger partial charge in [0.25, 0.3) is 5.91 Å². The molecule has 0 radical (unpaired) electrons. The molecule has 0 unspecified atom stereocenters. The number of carbonyl (C=O) groups is 1. The van der Waals surface area contributed by atoms with Gasteiger partial charge >= 0.3 is 0 Å². The van der Waals surface area contributed by atoms with E-state index in [1.165, 1.54) is 0 Å². The number of aryl methyl sites for hydroxylation is 2. The Labute approximate surface area is 134 Å². The molecular weight excluding hydrogens is 307 g/mol. The Morgan fingerprint density at radius 2 is 1.81 bits per heavy atom. The molecule has 2 N–H and O–H groups in total. The van der Waals surface area contributed by atoms with Crippen molar-refractivity contribution in [1.29, 1.82) is 0 Å². The summed E-state index contributed by atoms with van der Waals surface area (Å²) in [6.45, 7) is 3.79. The number of hydrogen-bond acceptors (Lipinski definition) is 2. The molecule has 0 aliphatic rings. The fraction of sp³-hybridized carbons (Fsp3) is 0.188. The summed E-state index contributed by atoms with van der Waals surface area (Å²) in [6.07, 6.45) is 0. The summed E-state index contributed by atoms with van der Waals surface area (Å²) in [6, 6.07) is 9.15. The van der Waals surface area contributed by atoms with E-state index in [1.54, 1.807) is 13.1 Å². The first-order valence-corrected chi connectivity index (χ1v) is 7.24. The summed E-state index contributed by atoms with van der Waals surface area (Å²) >= 11 is 12.3. The molecule has 0 saturated carbocycles. The topological polar surface area (TPSA) is 41.1 Å². The van der Waals surface area contributed by atoms with Crippen molar-refractivity contribution in [2.24, 2.45) is 0 Å². The van der Waals surface area contributed by atoms with Crippen molar-refractivity contribution in [2.45, 2.75) is 13.8 Å². The Morgan fingerprint density at radius 1 is 1.10 bits per heavy atom. The highest BCUT2D eigenvalue weighted by molar-refractivity contribution is 6.40. The molecule has 0 saturated heterocycles. The van der Waals surface area contributed by atoms with Crippen molar-refractivity contribution in [2.75, 3.05) is 17.7 Å². The van der Waals surface area contributed by atoms with Crippen LogP contribution in [-0.4, -0.2) is 13.0 Å². The van der Waals surface area contributed by atoms with Gasteiger partial charge in [-0.05, 0) is 37.6 Å². The Balaban J connectivity index is 2.39. The predicted octanol–water partition coefficient (Wildman–Crippen LogP) is 4.90. The van der Waals surface area contributed by atoms with Crippen LogP contribution < -0.4 is 10.6 Å². The lowest BCUT2D eigenvalue weighted by atomic mass is 10.1. The minimum absolute atomic E-state index is 0.252. The number of anilines is 2. The van der Waals surface area contributed by atoms with Crippen molar-refractivity contribution >= 4 is 40.5 Å². The number of rotatable bonds is 3. The van der Waals surface area contributed by atoms with Gasteiger partial charge in [-0.25, -0.2) is 0 Å². The van der Waals surface area contributed by atoms with E-state index in [1.807, 2.05) is 38.1 Å². The molecule has 0 aromatic heterocycles. The molecule has 1 amide bonds. The monoisotopic (exact) mass is 322 g/mol. The summed E-state index contributed by atoms with van der Waals surface area (Å²) < 4.78 is 0. The maximum absolute atomic E-state index is 12.5. The molecule has 2 aromatic rings. The lowest BCUT2D eigenvalue weighted by molar-refractivity contribution is 0.102. The number of carbonyl (C=O) groups excluding carboxylic acids is 1. The fourth-order valence-electron chi connectivity index (χ4n) is 2.02. The van der Waals surface area contributed by atoms with E-state index in [9.17, 15) is 4.79 Å². The highest BCUT2D eigenvalue weighted by atomic mass is 35.5. The van der Waals surface area contributed by atoms with Gasteiger partial charge in [0, 0.05) is 12.7 Å². The normalized spacial score (nSPS) is 10.3. The minimum Gasteiger partial charge on any atom is -0.387 e. The van der Waals surface area contributed by atoms with E-state index in [0.717, 1.165) is 16.8 Å². The van der Waals surface area contributed by atoms with Crippen LogP contribution in [0.25, 0.3) is 0 Å². The van der Waals surface area contributed by atoms with Gasteiger partial charge in [0.15, 0.2) is 0 Å². The number of nitrogens with one attached hydrogen (secondary N) is 2. The minimum atomic E-state index is -0.252. The fourth-order valence-corrected chi connectivity index (χ4v) is 2.48. The summed E-state index contributed by atoms with van der Waals surface area (Å²) in [5.41, 5.74) is 3.59. The van der Waals surface area contributed by atoms with Crippen molar-refractivity contribution in [3.8, 4) is 0 Å². The number of hydrogen-bond donors (Lipinski definition) is 2. The number of benzene rings is 2. The Kier molecular flexibility index (Phi) is 4.76. The largest absolute Gasteiger partial charge is 0.387 e. The second-order valence-electron chi connectivity index (χ2n) is 4.81. The van der Waals surface area contributed by atoms with Crippen molar-refractivity contribution < 1.29 is 4.79 Å². The van der Waals surface area contributed by atoms with Crippen molar-refractivity contribution in [3.05, 3.63) is 57.1 Å². The number of amides is 1. The van der Waals surface area contributed by atoms with Crippen molar-refractivity contribution in [1.82, 2.24) is 0 Å². The Hall–Kier alpha value is -1.71. The Morgan fingerprint density at radius 3 is 2.48 bits per heavy atom. The van der Waals surface area contributed by atoms with Crippen LogP contribution in [0.15, 0.2) is 30.3 Å². The summed E-state index contributed by atoms with van der Waals surface area (Å²) in [7, 11) is 1.77. The zero-order chi connectivity index (χ0) is 15.6. The molecule has 0 fully saturated rings. The van der Waals surface area contributed by atoms with Gasteiger partial charge in [-0.15, -0.1) is 0 Å². The van der Waals surface area contributed by atoms with Gasteiger partial charge in [-0.3, -0.25) is 4.79 Å². The molecular formula is C16H16Cl2N2O. The third kappa shape index (κ3) is 3.31. The van der Waals surface area contributed by atoms with Crippen LogP contribution in [0.3, 0.4) is 0 Å². The van der Waals surface area contributed by atoms with Crippen LogP contribution in [0.1, 0.15) is 21.5 Å². The highest BCUT2D eigenvalue weighted by Gasteiger charge is 2.15. The predicted molar refractivity (Wildman–Crippen MR) is 89.9 cm³/mol. The molecule has 21 heavy (non-hydrogen) atoms. The third-order valence-electron chi connectivity index (χ3n) is 3.21. The molecule has 2 aromatic carbocycles. The van der Waals surface area contributed by atoms with Gasteiger partial charge in [0.2, 0.25) is 0 Å². The SMILES string of the molecule is CNc1ccc(C)cc1C(=O)Nc1c(Cl)ccc(C)c1Cl. The first-order chi connectivity index (χ1) is 9.93. The van der Waals surface area contributed by atoms with E-state index in [2.05, 4.69) is 10.6 Å². The van der Waals surface area contributed by atoms with Crippen LogP contribution in [0.5, 0.6) is 0 Å². The second kappa shape index (κ2) is 6.37. The lowest BCUT2D eigenvalue weighted by Crippen LogP contribution is -2.15. The highest BCUT2D eigenvalue weighted by Crippen LogP contribution is 2.33. The molecule has 0 spiro atoms. The maximum Gasteiger partial charge on any atom is 0.257 e. The van der Waals surface area contributed by atoms with Gasteiger partial charge in [0.05, 0.1) is 21.3 Å². The van der Waals surface area contributed by atoms with E-state index in [0.29, 0.717) is 21.3 Å².